The average molecular weight is 175 g/mol. The van der Waals surface area contributed by atoms with Gasteiger partial charge in [0.25, 0.3) is 0 Å². The van der Waals surface area contributed by atoms with E-state index in [1.807, 2.05) is 6.07 Å². The molecule has 0 N–H and O–H groups in total. The quantitative estimate of drug-likeness (QED) is 0.677. The Bertz CT molecular complexity index is 251. The predicted molar refractivity (Wildman–Crippen MR) is 58.9 cm³/mol. The van der Waals surface area contributed by atoms with Crippen LogP contribution in [0.25, 0.3) is 0 Å². The molecule has 1 heteroatoms. The summed E-state index contributed by atoms with van der Waals surface area (Å²) in [7, 11) is 0. The summed E-state index contributed by atoms with van der Waals surface area (Å²) >= 11 is 0. The lowest BCUT2D eigenvalue weighted by Crippen LogP contribution is -2.14. The van der Waals surface area contributed by atoms with Crippen LogP contribution in [0.1, 0.15) is 20.3 Å². The van der Waals surface area contributed by atoms with Crippen LogP contribution in [-0.2, 0) is 0 Å². The van der Waals surface area contributed by atoms with Gasteiger partial charge >= 0.3 is 0 Å². The molecule has 0 radical (unpaired) electrons. The van der Waals surface area contributed by atoms with Crippen LogP contribution < -0.4 is 4.90 Å². The van der Waals surface area contributed by atoms with Gasteiger partial charge in [-0.2, -0.15) is 0 Å². The van der Waals surface area contributed by atoms with Gasteiger partial charge in [0.2, 0.25) is 0 Å². The fraction of sp³-hybridized carbons (Fsp3) is 0.333. The second kappa shape index (κ2) is 5.41. The zero-order chi connectivity index (χ0) is 9.52. The SMILES string of the molecule is CC/C=C/N(CC)c1ccccc1. The minimum atomic E-state index is 1.01. The number of allylic oxidation sites excluding steroid dienone is 1. The third-order valence-electron chi connectivity index (χ3n) is 1.95. The van der Waals surface area contributed by atoms with E-state index in [0.717, 1.165) is 13.0 Å². The summed E-state index contributed by atoms with van der Waals surface area (Å²) in [6.45, 7) is 5.32. The molecule has 70 valence electrons. The molecule has 0 unspecified atom stereocenters. The first-order valence-electron chi connectivity index (χ1n) is 4.86. The molecule has 0 spiro atoms. The predicted octanol–water partition coefficient (Wildman–Crippen LogP) is 3.44. The average Bonchev–Trinajstić information content (AvgIpc) is 2.21. The fourth-order valence-electron chi connectivity index (χ4n) is 1.23. The van der Waals surface area contributed by atoms with E-state index in [1.54, 1.807) is 0 Å². The molecular formula is C12H17N. The number of hydrogen-bond acceptors (Lipinski definition) is 1. The highest BCUT2D eigenvalue weighted by atomic mass is 15.1. The molecule has 13 heavy (non-hydrogen) atoms. The van der Waals surface area contributed by atoms with Gasteiger partial charge in [-0.3, -0.25) is 0 Å². The van der Waals surface area contributed by atoms with Crippen molar-refractivity contribution in [2.75, 3.05) is 11.4 Å². The van der Waals surface area contributed by atoms with Crippen molar-refractivity contribution in [1.29, 1.82) is 0 Å². The molecule has 1 aromatic carbocycles. The van der Waals surface area contributed by atoms with Crippen molar-refractivity contribution >= 4 is 5.69 Å². The van der Waals surface area contributed by atoms with Crippen LogP contribution in [-0.4, -0.2) is 6.54 Å². The van der Waals surface area contributed by atoms with Crippen LogP contribution in [0, 0.1) is 0 Å². The highest BCUT2D eigenvalue weighted by Crippen LogP contribution is 2.12. The maximum Gasteiger partial charge on any atom is 0.0405 e. The van der Waals surface area contributed by atoms with Crippen molar-refractivity contribution in [2.45, 2.75) is 20.3 Å². The molecule has 1 aromatic rings. The summed E-state index contributed by atoms with van der Waals surface area (Å²) in [5.74, 6) is 0. The fourth-order valence-corrected chi connectivity index (χ4v) is 1.23. The Kier molecular flexibility index (Phi) is 4.10. The molecule has 0 fully saturated rings. The molecule has 0 aliphatic carbocycles. The molecule has 0 saturated carbocycles. The van der Waals surface area contributed by atoms with E-state index in [9.17, 15) is 0 Å². The molecule has 0 amide bonds. The summed E-state index contributed by atoms with van der Waals surface area (Å²) in [5, 5.41) is 0. The van der Waals surface area contributed by atoms with Gasteiger partial charge in [-0.05, 0) is 31.7 Å². The van der Waals surface area contributed by atoms with Gasteiger partial charge in [-0.25, -0.2) is 0 Å². The maximum atomic E-state index is 2.24. The highest BCUT2D eigenvalue weighted by Gasteiger charge is 1.96. The van der Waals surface area contributed by atoms with Crippen molar-refractivity contribution in [1.82, 2.24) is 0 Å². The molecule has 1 nitrogen and oxygen atoms in total. The third kappa shape index (κ3) is 2.94. The first kappa shape index (κ1) is 9.85. The maximum absolute atomic E-state index is 2.24. The molecule has 1 rings (SSSR count). The summed E-state index contributed by atoms with van der Waals surface area (Å²) in [6.07, 6.45) is 5.41. The standard InChI is InChI=1S/C12H17N/c1-3-5-11-13(4-2)12-9-7-6-8-10-12/h5-11H,3-4H2,1-2H3/b11-5+. The Morgan fingerprint density at radius 1 is 1.15 bits per heavy atom. The summed E-state index contributed by atoms with van der Waals surface area (Å²) < 4.78 is 0. The van der Waals surface area contributed by atoms with Crippen molar-refractivity contribution in [3.63, 3.8) is 0 Å². The van der Waals surface area contributed by atoms with Crippen LogP contribution in [0.5, 0.6) is 0 Å². The Balaban J connectivity index is 2.73. The van der Waals surface area contributed by atoms with E-state index in [2.05, 4.69) is 55.3 Å². The van der Waals surface area contributed by atoms with E-state index in [1.165, 1.54) is 5.69 Å². The molecule has 0 heterocycles. The van der Waals surface area contributed by atoms with Crippen LogP contribution >= 0.6 is 0 Å². The Morgan fingerprint density at radius 2 is 1.85 bits per heavy atom. The van der Waals surface area contributed by atoms with Crippen molar-refractivity contribution in [2.24, 2.45) is 0 Å². The van der Waals surface area contributed by atoms with Crippen LogP contribution in [0.4, 0.5) is 5.69 Å². The molecular weight excluding hydrogens is 158 g/mol. The third-order valence-corrected chi connectivity index (χ3v) is 1.95. The second-order valence-corrected chi connectivity index (χ2v) is 2.91. The van der Waals surface area contributed by atoms with Gasteiger partial charge in [0.1, 0.15) is 0 Å². The summed E-state index contributed by atoms with van der Waals surface area (Å²) in [5.41, 5.74) is 1.26. The number of anilines is 1. The first-order chi connectivity index (χ1) is 6.38. The van der Waals surface area contributed by atoms with E-state index in [0.29, 0.717) is 0 Å². The number of nitrogens with zero attached hydrogens (tertiary/aromatic N) is 1. The number of hydrogen-bond donors (Lipinski definition) is 0. The first-order valence-corrected chi connectivity index (χ1v) is 4.86. The highest BCUT2D eigenvalue weighted by molar-refractivity contribution is 5.48. The minimum Gasteiger partial charge on any atom is -0.349 e. The Labute approximate surface area is 80.7 Å². The van der Waals surface area contributed by atoms with Gasteiger partial charge in [0.15, 0.2) is 0 Å². The molecule has 0 bridgehead atoms. The largest absolute Gasteiger partial charge is 0.349 e. The van der Waals surface area contributed by atoms with Gasteiger partial charge in [0.05, 0.1) is 0 Å². The van der Waals surface area contributed by atoms with E-state index < -0.39 is 0 Å². The van der Waals surface area contributed by atoms with Crippen molar-refractivity contribution < 1.29 is 0 Å². The summed E-state index contributed by atoms with van der Waals surface area (Å²) in [4.78, 5) is 2.24. The zero-order valence-electron chi connectivity index (χ0n) is 8.40. The van der Waals surface area contributed by atoms with E-state index in [4.69, 9.17) is 0 Å². The molecule has 0 aromatic heterocycles. The smallest absolute Gasteiger partial charge is 0.0405 e. The topological polar surface area (TPSA) is 3.24 Å². The summed E-state index contributed by atoms with van der Waals surface area (Å²) in [6, 6.07) is 10.4. The Morgan fingerprint density at radius 3 is 2.38 bits per heavy atom. The Hall–Kier alpha value is -1.24. The van der Waals surface area contributed by atoms with Gasteiger partial charge in [-0.1, -0.05) is 31.2 Å². The van der Waals surface area contributed by atoms with Gasteiger partial charge < -0.3 is 4.90 Å². The molecule has 0 saturated heterocycles. The lowest BCUT2D eigenvalue weighted by Gasteiger charge is -2.17. The van der Waals surface area contributed by atoms with Gasteiger partial charge in [0, 0.05) is 12.2 Å². The van der Waals surface area contributed by atoms with Crippen molar-refractivity contribution in [3.8, 4) is 0 Å². The molecule has 0 aliphatic heterocycles. The zero-order valence-corrected chi connectivity index (χ0v) is 8.40. The lowest BCUT2D eigenvalue weighted by molar-refractivity contribution is 1.01. The lowest BCUT2D eigenvalue weighted by atomic mass is 10.3. The number of benzene rings is 1. The molecule has 0 aliphatic rings. The second-order valence-electron chi connectivity index (χ2n) is 2.91. The normalized spacial score (nSPS) is 10.6. The van der Waals surface area contributed by atoms with Crippen LogP contribution in [0.2, 0.25) is 0 Å². The van der Waals surface area contributed by atoms with E-state index >= 15 is 0 Å². The van der Waals surface area contributed by atoms with Crippen LogP contribution in [0.3, 0.4) is 0 Å². The minimum absolute atomic E-state index is 1.01. The van der Waals surface area contributed by atoms with Crippen molar-refractivity contribution in [3.05, 3.63) is 42.6 Å². The number of rotatable bonds is 4. The molecule has 0 atom stereocenters. The van der Waals surface area contributed by atoms with Crippen LogP contribution in [0.15, 0.2) is 42.6 Å². The monoisotopic (exact) mass is 175 g/mol. The number of para-hydroxylation sites is 1. The van der Waals surface area contributed by atoms with E-state index in [-0.39, 0.29) is 0 Å². The van der Waals surface area contributed by atoms with Gasteiger partial charge in [-0.15, -0.1) is 0 Å².